The van der Waals surface area contributed by atoms with E-state index in [-0.39, 0.29) is 12.4 Å². The van der Waals surface area contributed by atoms with E-state index in [0.717, 1.165) is 61.3 Å². The van der Waals surface area contributed by atoms with Crippen LogP contribution in [0.15, 0.2) is 36.4 Å². The fourth-order valence-electron chi connectivity index (χ4n) is 5.83. The average molecular weight is 451 g/mol. The molecule has 4 heteroatoms. The molecule has 32 heavy (non-hydrogen) atoms. The monoisotopic (exact) mass is 450 g/mol. The Bertz CT molecular complexity index is 658. The van der Waals surface area contributed by atoms with Crippen LogP contribution < -0.4 is 4.74 Å². The molecule has 2 fully saturated rings. The van der Waals surface area contributed by atoms with Gasteiger partial charge < -0.3 is 4.74 Å². The van der Waals surface area contributed by atoms with Crippen LogP contribution in [0, 0.1) is 23.7 Å². The molecule has 0 aromatic heterocycles. The highest BCUT2D eigenvalue weighted by molar-refractivity contribution is 5.28. The van der Waals surface area contributed by atoms with Crippen molar-refractivity contribution in [1.82, 2.24) is 0 Å². The molecule has 180 valence electrons. The largest absolute Gasteiger partial charge is 0.435 e. The van der Waals surface area contributed by atoms with Gasteiger partial charge in [0.15, 0.2) is 0 Å². The van der Waals surface area contributed by atoms with Crippen LogP contribution in [0.25, 0.3) is 0 Å². The van der Waals surface area contributed by atoms with Gasteiger partial charge in [-0.2, -0.15) is 8.78 Å². The summed E-state index contributed by atoms with van der Waals surface area (Å²) in [5, 5.41) is 0. The van der Waals surface area contributed by atoms with Crippen molar-refractivity contribution >= 4 is 0 Å². The lowest BCUT2D eigenvalue weighted by Gasteiger charge is -2.37. The van der Waals surface area contributed by atoms with Crippen LogP contribution in [-0.4, -0.2) is 13.3 Å². The lowest BCUT2D eigenvalue weighted by atomic mass is 9.68. The van der Waals surface area contributed by atoms with Crippen LogP contribution >= 0.6 is 0 Å². The number of allylic oxidation sites excluding steroid dienone is 2. The molecule has 0 saturated heterocycles. The van der Waals surface area contributed by atoms with Crippen molar-refractivity contribution in [2.45, 2.75) is 96.5 Å². The van der Waals surface area contributed by atoms with Crippen molar-refractivity contribution < 1.29 is 17.9 Å². The van der Waals surface area contributed by atoms with E-state index < -0.39 is 6.61 Å². The number of ether oxygens (including phenoxy) is 1. The Labute approximate surface area is 192 Å². The topological polar surface area (TPSA) is 9.23 Å². The zero-order chi connectivity index (χ0) is 22.6. The van der Waals surface area contributed by atoms with Crippen LogP contribution in [0.5, 0.6) is 5.75 Å². The number of unbranched alkanes of at least 4 members (excludes halogenated alkanes) is 3. The molecule has 1 nitrogen and oxygen atoms in total. The maximum Gasteiger partial charge on any atom is 0.387 e. The number of hydrogen-bond acceptors (Lipinski definition) is 1. The first kappa shape index (κ1) is 25.2. The fraction of sp³-hybridized carbons (Fsp3) is 0.714. The quantitative estimate of drug-likeness (QED) is 0.228. The highest BCUT2D eigenvalue weighted by atomic mass is 19.3. The van der Waals surface area contributed by atoms with Gasteiger partial charge in [0.2, 0.25) is 0 Å². The Balaban J connectivity index is 1.30. The third kappa shape index (κ3) is 8.83. The van der Waals surface area contributed by atoms with Crippen molar-refractivity contribution in [3.05, 3.63) is 42.0 Å². The molecule has 0 unspecified atom stereocenters. The highest BCUT2D eigenvalue weighted by Crippen LogP contribution is 2.42. The lowest BCUT2D eigenvalue weighted by Crippen LogP contribution is -2.25. The minimum Gasteiger partial charge on any atom is -0.435 e. The number of aryl methyl sites for hydroxylation is 1. The number of rotatable bonds is 12. The summed E-state index contributed by atoms with van der Waals surface area (Å²) in [6.07, 6.45) is 21.6. The van der Waals surface area contributed by atoms with E-state index in [1.54, 1.807) is 12.1 Å². The predicted octanol–water partition coefficient (Wildman–Crippen LogP) is 8.92. The van der Waals surface area contributed by atoms with Crippen LogP contribution in [0.2, 0.25) is 0 Å². The summed E-state index contributed by atoms with van der Waals surface area (Å²) in [5.41, 5.74) is 1.10. The summed E-state index contributed by atoms with van der Waals surface area (Å²) in [7, 11) is 0. The van der Waals surface area contributed by atoms with Crippen molar-refractivity contribution in [2.75, 3.05) is 6.67 Å². The predicted molar refractivity (Wildman–Crippen MR) is 126 cm³/mol. The summed E-state index contributed by atoms with van der Waals surface area (Å²) in [6, 6.07) is 7.18. The van der Waals surface area contributed by atoms with Crippen molar-refractivity contribution in [2.24, 2.45) is 23.7 Å². The van der Waals surface area contributed by atoms with Gasteiger partial charge in [0.1, 0.15) is 5.75 Å². The zero-order valence-corrected chi connectivity index (χ0v) is 19.5. The third-order valence-corrected chi connectivity index (χ3v) is 7.75. The molecule has 2 aliphatic carbocycles. The van der Waals surface area contributed by atoms with Gasteiger partial charge >= 0.3 is 6.61 Å². The van der Waals surface area contributed by atoms with Gasteiger partial charge in [0.05, 0.1) is 6.67 Å². The molecule has 0 heterocycles. The zero-order valence-electron chi connectivity index (χ0n) is 19.5. The molecule has 0 atom stereocenters. The Kier molecular flexibility index (Phi) is 11.0. The van der Waals surface area contributed by atoms with E-state index in [1.165, 1.54) is 51.4 Å². The Hall–Kier alpha value is -1.45. The highest BCUT2D eigenvalue weighted by Gasteiger charge is 2.30. The number of alkyl halides is 3. The van der Waals surface area contributed by atoms with Crippen molar-refractivity contribution in [3.8, 4) is 5.75 Å². The second kappa shape index (κ2) is 14.0. The smallest absolute Gasteiger partial charge is 0.387 e. The molecule has 1 aromatic rings. The van der Waals surface area contributed by atoms with Crippen LogP contribution in [0.1, 0.15) is 89.0 Å². The maximum atomic E-state index is 12.4. The van der Waals surface area contributed by atoms with Crippen LogP contribution in [-0.2, 0) is 6.42 Å². The standard InChI is InChI=1S/C28H41F3O/c29-20-5-3-1-2-4-7-22-12-16-25(17-13-22)26-18-14-23(15-19-26)10-11-24-8-6-9-27(21-24)32-28(30)31/h4,6-9,21-23,25-26,28H,1-3,5,10-20H2. The number of benzene rings is 1. The first-order valence-electron chi connectivity index (χ1n) is 12.9. The first-order valence-corrected chi connectivity index (χ1v) is 12.9. The van der Waals surface area contributed by atoms with Gasteiger partial charge in [0.25, 0.3) is 0 Å². The summed E-state index contributed by atoms with van der Waals surface area (Å²) in [6.45, 7) is -2.94. The lowest BCUT2D eigenvalue weighted by molar-refractivity contribution is -0.0498. The maximum absolute atomic E-state index is 12.4. The molecule has 2 saturated carbocycles. The second-order valence-electron chi connectivity index (χ2n) is 9.99. The summed E-state index contributed by atoms with van der Waals surface area (Å²) >= 11 is 0. The summed E-state index contributed by atoms with van der Waals surface area (Å²) in [5.74, 6) is 3.60. The van der Waals surface area contributed by atoms with Gasteiger partial charge in [-0.15, -0.1) is 0 Å². The normalized spacial score (nSPS) is 26.6. The Morgan fingerprint density at radius 2 is 1.62 bits per heavy atom. The van der Waals surface area contributed by atoms with E-state index in [2.05, 4.69) is 16.9 Å². The molecule has 2 aliphatic rings. The van der Waals surface area contributed by atoms with Gasteiger partial charge in [0, 0.05) is 0 Å². The third-order valence-electron chi connectivity index (χ3n) is 7.75. The molecular formula is C28H41F3O. The fourth-order valence-corrected chi connectivity index (χ4v) is 5.83. The van der Waals surface area contributed by atoms with Crippen molar-refractivity contribution in [1.29, 1.82) is 0 Å². The minimum absolute atomic E-state index is 0.178. The Morgan fingerprint density at radius 1 is 0.906 bits per heavy atom. The summed E-state index contributed by atoms with van der Waals surface area (Å²) < 4.78 is 41.5. The number of halogens is 3. The Morgan fingerprint density at radius 3 is 2.31 bits per heavy atom. The molecule has 0 spiro atoms. The van der Waals surface area contributed by atoms with E-state index >= 15 is 0 Å². The molecule has 0 aliphatic heterocycles. The average Bonchev–Trinajstić information content (AvgIpc) is 2.81. The van der Waals surface area contributed by atoms with E-state index in [4.69, 9.17) is 0 Å². The molecule has 0 N–H and O–H groups in total. The van der Waals surface area contributed by atoms with E-state index in [1.807, 2.05) is 12.1 Å². The van der Waals surface area contributed by atoms with E-state index in [0.29, 0.717) is 6.42 Å². The minimum atomic E-state index is -2.76. The van der Waals surface area contributed by atoms with E-state index in [9.17, 15) is 13.2 Å². The number of hydrogen-bond donors (Lipinski definition) is 0. The molecule has 1 aromatic carbocycles. The van der Waals surface area contributed by atoms with Gasteiger partial charge in [-0.1, -0.05) is 43.5 Å². The van der Waals surface area contributed by atoms with Crippen LogP contribution in [0.4, 0.5) is 13.2 Å². The molecule has 0 radical (unpaired) electrons. The van der Waals surface area contributed by atoms with Gasteiger partial charge in [-0.05, 0) is 112 Å². The van der Waals surface area contributed by atoms with Crippen LogP contribution in [0.3, 0.4) is 0 Å². The van der Waals surface area contributed by atoms with Gasteiger partial charge in [-0.25, -0.2) is 0 Å². The molecule has 0 bridgehead atoms. The second-order valence-corrected chi connectivity index (χ2v) is 9.99. The SMILES string of the molecule is FCCCCCC=CC1CCC(C2CCC(CCc3cccc(OC(F)F)c3)CC2)CC1. The molecule has 0 amide bonds. The first-order chi connectivity index (χ1) is 15.6. The molecule has 3 rings (SSSR count). The molecular weight excluding hydrogens is 409 g/mol. The summed E-state index contributed by atoms with van der Waals surface area (Å²) in [4.78, 5) is 0. The van der Waals surface area contributed by atoms with Crippen molar-refractivity contribution in [3.63, 3.8) is 0 Å². The van der Waals surface area contributed by atoms with Gasteiger partial charge in [-0.3, -0.25) is 4.39 Å².